The van der Waals surface area contributed by atoms with Crippen molar-refractivity contribution >= 4 is 28.8 Å². The first-order valence-electron chi connectivity index (χ1n) is 7.06. The molecule has 5 nitrogen and oxygen atoms in total. The van der Waals surface area contributed by atoms with Gasteiger partial charge in [0.05, 0.1) is 0 Å². The van der Waals surface area contributed by atoms with Crippen LogP contribution in [0.15, 0.2) is 54.9 Å². The van der Waals surface area contributed by atoms with Gasteiger partial charge in [-0.15, -0.1) is 0 Å². The number of carbonyl (C=O) groups excluding carboxylic acids is 2. The van der Waals surface area contributed by atoms with E-state index in [1.54, 1.807) is 31.6 Å². The summed E-state index contributed by atoms with van der Waals surface area (Å²) in [5, 5.41) is 1.84. The molecular formula is C18H15N3O2. The van der Waals surface area contributed by atoms with Crippen molar-refractivity contribution in [2.24, 2.45) is 5.73 Å². The average molecular weight is 305 g/mol. The number of hydrogen-bond donors (Lipinski definition) is 1. The fraction of sp³-hybridized carbons (Fsp3) is 0.0556. The number of primary amides is 1. The van der Waals surface area contributed by atoms with Gasteiger partial charge in [-0.25, -0.2) is 0 Å². The summed E-state index contributed by atoms with van der Waals surface area (Å²) < 4.78 is 0. The zero-order valence-electron chi connectivity index (χ0n) is 12.6. The second kappa shape index (κ2) is 5.88. The van der Waals surface area contributed by atoms with Gasteiger partial charge in [-0.05, 0) is 35.2 Å². The molecule has 0 spiro atoms. The van der Waals surface area contributed by atoms with E-state index in [-0.39, 0.29) is 0 Å². The zero-order chi connectivity index (χ0) is 16.4. The maximum absolute atomic E-state index is 11.4. The molecule has 1 heterocycles. The number of carbonyl (C=O) groups is 2. The van der Waals surface area contributed by atoms with E-state index in [0.717, 1.165) is 34.0 Å². The molecule has 114 valence electrons. The number of benzene rings is 2. The number of anilines is 1. The Morgan fingerprint density at radius 1 is 1.13 bits per heavy atom. The molecule has 0 bridgehead atoms. The highest BCUT2D eigenvalue weighted by atomic mass is 16.1. The van der Waals surface area contributed by atoms with Gasteiger partial charge >= 0.3 is 0 Å². The van der Waals surface area contributed by atoms with Gasteiger partial charge in [-0.1, -0.05) is 18.2 Å². The minimum Gasteiger partial charge on any atom is -0.366 e. The van der Waals surface area contributed by atoms with E-state index in [1.165, 1.54) is 4.90 Å². The maximum Gasteiger partial charge on any atom is 0.248 e. The lowest BCUT2D eigenvalue weighted by Crippen LogP contribution is -2.13. The van der Waals surface area contributed by atoms with Crippen molar-refractivity contribution in [2.75, 3.05) is 11.9 Å². The van der Waals surface area contributed by atoms with Crippen molar-refractivity contribution in [3.05, 3.63) is 60.4 Å². The third-order valence-electron chi connectivity index (χ3n) is 3.79. The quantitative estimate of drug-likeness (QED) is 0.753. The molecule has 0 unspecified atom stereocenters. The number of amides is 2. The molecule has 0 aliphatic carbocycles. The third-order valence-corrected chi connectivity index (χ3v) is 3.79. The number of hydrogen-bond acceptors (Lipinski definition) is 3. The number of fused-ring (bicyclic) bond motifs is 1. The van der Waals surface area contributed by atoms with E-state index in [2.05, 4.69) is 4.98 Å². The summed E-state index contributed by atoms with van der Waals surface area (Å²) in [5.41, 5.74) is 8.49. The average Bonchev–Trinajstić information content (AvgIpc) is 2.60. The topological polar surface area (TPSA) is 76.3 Å². The van der Waals surface area contributed by atoms with Crippen LogP contribution in [0.1, 0.15) is 10.4 Å². The lowest BCUT2D eigenvalue weighted by atomic mass is 9.99. The van der Waals surface area contributed by atoms with Gasteiger partial charge in [0, 0.05) is 41.6 Å². The molecule has 23 heavy (non-hydrogen) atoms. The summed E-state index contributed by atoms with van der Waals surface area (Å²) in [6, 6.07) is 12.9. The van der Waals surface area contributed by atoms with E-state index < -0.39 is 5.91 Å². The minimum atomic E-state index is -0.461. The Hall–Kier alpha value is -3.21. The second-order valence-electron chi connectivity index (χ2n) is 5.25. The molecule has 0 atom stereocenters. The number of nitrogens with two attached hydrogens (primary N) is 1. The van der Waals surface area contributed by atoms with Crippen molar-refractivity contribution in [2.45, 2.75) is 0 Å². The van der Waals surface area contributed by atoms with Crippen LogP contribution in [0.3, 0.4) is 0 Å². The molecule has 0 aliphatic heterocycles. The smallest absolute Gasteiger partial charge is 0.248 e. The van der Waals surface area contributed by atoms with Crippen LogP contribution in [-0.2, 0) is 4.79 Å². The van der Waals surface area contributed by atoms with E-state index in [4.69, 9.17) is 5.73 Å². The van der Waals surface area contributed by atoms with Gasteiger partial charge in [0.1, 0.15) is 0 Å². The Labute approximate surface area is 133 Å². The molecule has 2 N–H and O–H groups in total. The molecule has 2 amide bonds. The zero-order valence-corrected chi connectivity index (χ0v) is 12.6. The minimum absolute atomic E-state index is 0.460. The van der Waals surface area contributed by atoms with Crippen LogP contribution in [0.5, 0.6) is 0 Å². The summed E-state index contributed by atoms with van der Waals surface area (Å²) in [7, 11) is 1.70. The van der Waals surface area contributed by atoms with Gasteiger partial charge in [-0.3, -0.25) is 14.6 Å². The number of pyridine rings is 1. The summed E-state index contributed by atoms with van der Waals surface area (Å²) in [6.07, 6.45) is 4.26. The van der Waals surface area contributed by atoms with Crippen molar-refractivity contribution in [1.82, 2.24) is 4.98 Å². The molecule has 1 aromatic heterocycles. The predicted octanol–water partition coefficient (Wildman–Crippen LogP) is 2.59. The number of nitrogens with zero attached hydrogens (tertiary/aromatic N) is 2. The van der Waals surface area contributed by atoms with Crippen molar-refractivity contribution in [1.29, 1.82) is 0 Å². The van der Waals surface area contributed by atoms with Crippen LogP contribution in [0, 0.1) is 0 Å². The Bertz CT molecular complexity index is 888. The maximum atomic E-state index is 11.4. The first-order chi connectivity index (χ1) is 11.1. The highest BCUT2D eigenvalue weighted by Crippen LogP contribution is 2.29. The van der Waals surface area contributed by atoms with Gasteiger partial charge in [0.15, 0.2) is 0 Å². The second-order valence-corrected chi connectivity index (χ2v) is 5.25. The van der Waals surface area contributed by atoms with Crippen LogP contribution >= 0.6 is 0 Å². The standard InChI is InChI=1S/C18H15N3O2/c1-21(11-22)15-6-4-12(5-7-15)17-10-20-9-14-3-2-13(18(19)23)8-16(14)17/h2-11H,1H3,(H2,19,23). The van der Waals surface area contributed by atoms with Crippen LogP contribution in [-0.4, -0.2) is 24.3 Å². The van der Waals surface area contributed by atoms with Crippen LogP contribution in [0.4, 0.5) is 5.69 Å². The van der Waals surface area contributed by atoms with E-state index in [0.29, 0.717) is 5.56 Å². The molecule has 3 rings (SSSR count). The summed E-state index contributed by atoms with van der Waals surface area (Å²) >= 11 is 0. The molecule has 0 radical (unpaired) electrons. The summed E-state index contributed by atoms with van der Waals surface area (Å²) in [6.45, 7) is 0. The monoisotopic (exact) mass is 305 g/mol. The van der Waals surface area contributed by atoms with Crippen molar-refractivity contribution < 1.29 is 9.59 Å². The molecule has 0 aliphatic rings. The Morgan fingerprint density at radius 2 is 1.87 bits per heavy atom. The van der Waals surface area contributed by atoms with Gasteiger partial charge in [0.25, 0.3) is 0 Å². The van der Waals surface area contributed by atoms with Gasteiger partial charge in [-0.2, -0.15) is 0 Å². The number of aromatic nitrogens is 1. The highest BCUT2D eigenvalue weighted by Gasteiger charge is 2.08. The highest BCUT2D eigenvalue weighted by molar-refractivity contribution is 6.02. The molecule has 5 heteroatoms. The van der Waals surface area contributed by atoms with Crippen LogP contribution in [0.25, 0.3) is 21.9 Å². The SMILES string of the molecule is CN(C=O)c1ccc(-c2cncc3ccc(C(N)=O)cc23)cc1. The van der Waals surface area contributed by atoms with Gasteiger partial charge in [0.2, 0.25) is 12.3 Å². The Kier molecular flexibility index (Phi) is 3.76. The normalized spacial score (nSPS) is 10.5. The summed E-state index contributed by atoms with van der Waals surface area (Å²) in [5.74, 6) is -0.461. The van der Waals surface area contributed by atoms with E-state index >= 15 is 0 Å². The first kappa shape index (κ1) is 14.7. The lowest BCUT2D eigenvalue weighted by molar-refractivity contribution is -0.107. The number of rotatable bonds is 4. The molecule has 0 saturated carbocycles. The van der Waals surface area contributed by atoms with Crippen LogP contribution in [0.2, 0.25) is 0 Å². The third kappa shape index (κ3) is 2.76. The Morgan fingerprint density at radius 3 is 2.52 bits per heavy atom. The van der Waals surface area contributed by atoms with Crippen molar-refractivity contribution in [3.8, 4) is 11.1 Å². The molecule has 0 saturated heterocycles. The summed E-state index contributed by atoms with van der Waals surface area (Å²) in [4.78, 5) is 28.0. The lowest BCUT2D eigenvalue weighted by Gasteiger charge is -2.12. The molecule has 0 fully saturated rings. The molecule has 3 aromatic rings. The van der Waals surface area contributed by atoms with Crippen molar-refractivity contribution in [3.63, 3.8) is 0 Å². The molecule has 2 aromatic carbocycles. The van der Waals surface area contributed by atoms with Crippen LogP contribution < -0.4 is 10.6 Å². The Balaban J connectivity index is 2.13. The molecular weight excluding hydrogens is 290 g/mol. The fourth-order valence-corrected chi connectivity index (χ4v) is 2.48. The first-order valence-corrected chi connectivity index (χ1v) is 7.06. The van der Waals surface area contributed by atoms with Gasteiger partial charge < -0.3 is 10.6 Å². The predicted molar refractivity (Wildman–Crippen MR) is 90.2 cm³/mol. The van der Waals surface area contributed by atoms with E-state index in [1.807, 2.05) is 30.3 Å². The largest absolute Gasteiger partial charge is 0.366 e. The fourth-order valence-electron chi connectivity index (χ4n) is 2.48. The van der Waals surface area contributed by atoms with E-state index in [9.17, 15) is 9.59 Å².